The van der Waals surface area contributed by atoms with E-state index in [9.17, 15) is 9.59 Å². The highest BCUT2D eigenvalue weighted by atomic mass is 32.1. The molecule has 0 aliphatic carbocycles. The van der Waals surface area contributed by atoms with Crippen LogP contribution in [0, 0.1) is 0 Å². The highest BCUT2D eigenvalue weighted by Crippen LogP contribution is 2.25. The minimum atomic E-state index is -0.466. The molecule has 0 saturated heterocycles. The van der Waals surface area contributed by atoms with E-state index in [4.69, 9.17) is 11.5 Å². The van der Waals surface area contributed by atoms with E-state index in [1.54, 1.807) is 6.92 Å². The van der Waals surface area contributed by atoms with Gasteiger partial charge in [0.25, 0.3) is 5.91 Å². The molecular weight excluding hydrogens is 266 g/mol. The number of thiazole rings is 1. The van der Waals surface area contributed by atoms with Crippen molar-refractivity contribution in [3.63, 3.8) is 0 Å². The van der Waals surface area contributed by atoms with Gasteiger partial charge in [0.05, 0.1) is 0 Å². The summed E-state index contributed by atoms with van der Waals surface area (Å²) in [6.45, 7) is 5.63. The van der Waals surface area contributed by atoms with Crippen LogP contribution >= 0.6 is 11.3 Å². The molecule has 0 spiro atoms. The van der Waals surface area contributed by atoms with Crippen molar-refractivity contribution in [1.29, 1.82) is 0 Å². The van der Waals surface area contributed by atoms with Crippen molar-refractivity contribution in [2.75, 3.05) is 11.1 Å². The summed E-state index contributed by atoms with van der Waals surface area (Å²) in [4.78, 5) is 27.1. The Bertz CT molecular complexity index is 472. The average Bonchev–Trinajstić information content (AvgIpc) is 2.56. The summed E-state index contributed by atoms with van der Waals surface area (Å²) in [5.74, 6) is -0.635. The van der Waals surface area contributed by atoms with Crippen LogP contribution in [0.15, 0.2) is 0 Å². The highest BCUT2D eigenvalue weighted by Gasteiger charge is 2.18. The number of nitrogen functional groups attached to an aromatic ring is 1. The number of anilines is 2. The topological polar surface area (TPSA) is 123 Å². The van der Waals surface area contributed by atoms with Crippen LogP contribution in [0.3, 0.4) is 0 Å². The molecule has 8 heteroatoms. The summed E-state index contributed by atoms with van der Waals surface area (Å²) < 4.78 is 0. The summed E-state index contributed by atoms with van der Waals surface area (Å²) in [5, 5.41) is 6.33. The van der Waals surface area contributed by atoms with E-state index in [0.29, 0.717) is 10.0 Å². The van der Waals surface area contributed by atoms with Crippen LogP contribution in [-0.4, -0.2) is 28.9 Å². The zero-order chi connectivity index (χ0) is 14.6. The fourth-order valence-corrected chi connectivity index (χ4v) is 2.38. The average molecular weight is 285 g/mol. The molecule has 1 heterocycles. The third-order valence-electron chi connectivity index (χ3n) is 2.16. The lowest BCUT2D eigenvalue weighted by molar-refractivity contribution is -0.118. The zero-order valence-electron chi connectivity index (χ0n) is 11.2. The Balaban J connectivity index is 2.71. The molecule has 0 aliphatic heterocycles. The molecule has 2 amide bonds. The number of hydrogen-bond donors (Lipinski definition) is 4. The zero-order valence-corrected chi connectivity index (χ0v) is 12.0. The van der Waals surface area contributed by atoms with Crippen LogP contribution in [0.25, 0.3) is 0 Å². The van der Waals surface area contributed by atoms with Crippen LogP contribution in [-0.2, 0) is 4.79 Å². The SMILES string of the molecule is CC(C)Nc1nc(N)c(C(=O)NC(C)CC(N)=O)s1. The number of amides is 2. The van der Waals surface area contributed by atoms with Gasteiger partial charge in [0.1, 0.15) is 10.7 Å². The van der Waals surface area contributed by atoms with Crippen LogP contribution in [0.1, 0.15) is 36.9 Å². The molecular formula is C11H19N5O2S. The van der Waals surface area contributed by atoms with Crippen molar-refractivity contribution in [1.82, 2.24) is 10.3 Å². The summed E-state index contributed by atoms with van der Waals surface area (Å²) in [5.41, 5.74) is 10.8. The first-order valence-electron chi connectivity index (χ1n) is 5.91. The van der Waals surface area contributed by atoms with Crippen molar-refractivity contribution < 1.29 is 9.59 Å². The highest BCUT2D eigenvalue weighted by molar-refractivity contribution is 7.18. The standard InChI is InChI=1S/C11H19N5O2S/c1-5(2)14-11-16-9(13)8(19-11)10(18)15-6(3)4-7(12)17/h5-6H,4,13H2,1-3H3,(H2,12,17)(H,14,16)(H,15,18). The Labute approximate surface area is 115 Å². The van der Waals surface area contributed by atoms with E-state index < -0.39 is 5.91 Å². The van der Waals surface area contributed by atoms with Gasteiger partial charge < -0.3 is 22.1 Å². The molecule has 0 saturated carbocycles. The number of nitrogens with one attached hydrogen (secondary N) is 2. The van der Waals surface area contributed by atoms with E-state index in [-0.39, 0.29) is 30.2 Å². The summed E-state index contributed by atoms with van der Waals surface area (Å²) in [6, 6.07) is -0.136. The smallest absolute Gasteiger partial charge is 0.265 e. The summed E-state index contributed by atoms with van der Waals surface area (Å²) >= 11 is 1.18. The maximum atomic E-state index is 12.0. The molecule has 1 aromatic heterocycles. The van der Waals surface area contributed by atoms with Crippen LogP contribution in [0.2, 0.25) is 0 Å². The van der Waals surface area contributed by atoms with E-state index in [1.807, 2.05) is 13.8 Å². The number of primary amides is 1. The first-order chi connectivity index (χ1) is 8.79. The molecule has 1 aromatic rings. The molecule has 7 nitrogen and oxygen atoms in total. The largest absolute Gasteiger partial charge is 0.382 e. The predicted octanol–water partition coefficient (Wildman–Crippen LogP) is 0.539. The second kappa shape index (κ2) is 6.37. The van der Waals surface area contributed by atoms with Crippen LogP contribution in [0.4, 0.5) is 10.9 Å². The van der Waals surface area contributed by atoms with Crippen molar-refractivity contribution in [3.05, 3.63) is 4.88 Å². The van der Waals surface area contributed by atoms with Gasteiger partial charge in [-0.2, -0.15) is 0 Å². The molecule has 0 aromatic carbocycles. The lowest BCUT2D eigenvalue weighted by atomic mass is 10.2. The molecule has 0 aliphatic rings. The molecule has 0 bridgehead atoms. The third-order valence-corrected chi connectivity index (χ3v) is 3.16. The minimum absolute atomic E-state index is 0.0849. The van der Waals surface area contributed by atoms with Gasteiger partial charge in [0.2, 0.25) is 5.91 Å². The number of aromatic nitrogens is 1. The number of nitrogens with two attached hydrogens (primary N) is 2. The molecule has 6 N–H and O–H groups in total. The molecule has 106 valence electrons. The monoisotopic (exact) mass is 285 g/mol. The fraction of sp³-hybridized carbons (Fsp3) is 0.545. The van der Waals surface area contributed by atoms with Crippen molar-refractivity contribution in [3.8, 4) is 0 Å². The van der Waals surface area contributed by atoms with E-state index in [2.05, 4.69) is 15.6 Å². The lowest BCUT2D eigenvalue weighted by Crippen LogP contribution is -2.35. The first kappa shape index (κ1) is 15.2. The van der Waals surface area contributed by atoms with Gasteiger partial charge in [-0.1, -0.05) is 11.3 Å². The molecule has 19 heavy (non-hydrogen) atoms. The van der Waals surface area contributed by atoms with E-state index in [0.717, 1.165) is 0 Å². The van der Waals surface area contributed by atoms with Crippen molar-refractivity contribution >= 4 is 34.1 Å². The predicted molar refractivity (Wildman–Crippen MR) is 76.0 cm³/mol. The Kier molecular flexibility index (Phi) is 5.11. The van der Waals surface area contributed by atoms with Crippen molar-refractivity contribution in [2.45, 2.75) is 39.3 Å². The van der Waals surface area contributed by atoms with Gasteiger partial charge in [0.15, 0.2) is 5.13 Å². The number of rotatable bonds is 6. The Morgan fingerprint density at radius 3 is 2.53 bits per heavy atom. The molecule has 1 unspecified atom stereocenters. The number of nitrogens with zero attached hydrogens (tertiary/aromatic N) is 1. The van der Waals surface area contributed by atoms with Gasteiger partial charge in [-0.15, -0.1) is 0 Å². The van der Waals surface area contributed by atoms with E-state index in [1.165, 1.54) is 11.3 Å². The van der Waals surface area contributed by atoms with Gasteiger partial charge in [-0.05, 0) is 20.8 Å². The first-order valence-corrected chi connectivity index (χ1v) is 6.73. The maximum Gasteiger partial charge on any atom is 0.265 e. The molecule has 0 fully saturated rings. The summed E-state index contributed by atoms with van der Waals surface area (Å²) in [6.07, 6.45) is 0.0849. The molecule has 0 radical (unpaired) electrons. The van der Waals surface area contributed by atoms with Gasteiger partial charge >= 0.3 is 0 Å². The van der Waals surface area contributed by atoms with Gasteiger partial charge in [-0.25, -0.2) is 4.98 Å². The second-order valence-electron chi connectivity index (χ2n) is 4.58. The van der Waals surface area contributed by atoms with Gasteiger partial charge in [0, 0.05) is 18.5 Å². The van der Waals surface area contributed by atoms with Crippen molar-refractivity contribution in [2.24, 2.45) is 5.73 Å². The minimum Gasteiger partial charge on any atom is -0.382 e. The third kappa shape index (κ3) is 4.74. The quantitative estimate of drug-likeness (QED) is 0.607. The van der Waals surface area contributed by atoms with Crippen LogP contribution in [0.5, 0.6) is 0 Å². The Hall–Kier alpha value is -1.83. The number of hydrogen-bond acceptors (Lipinski definition) is 6. The number of carbonyl (C=O) groups is 2. The second-order valence-corrected chi connectivity index (χ2v) is 5.58. The molecule has 1 rings (SSSR count). The number of carbonyl (C=O) groups excluding carboxylic acids is 2. The Morgan fingerprint density at radius 2 is 2.00 bits per heavy atom. The Morgan fingerprint density at radius 1 is 1.37 bits per heavy atom. The van der Waals surface area contributed by atoms with E-state index >= 15 is 0 Å². The van der Waals surface area contributed by atoms with Crippen LogP contribution < -0.4 is 22.1 Å². The normalized spacial score (nSPS) is 12.2. The fourth-order valence-electron chi connectivity index (χ4n) is 1.45. The lowest BCUT2D eigenvalue weighted by Gasteiger charge is -2.10. The summed E-state index contributed by atoms with van der Waals surface area (Å²) in [7, 11) is 0. The molecule has 1 atom stereocenters. The van der Waals surface area contributed by atoms with Gasteiger partial charge in [-0.3, -0.25) is 9.59 Å². The maximum absolute atomic E-state index is 12.0.